The molecule has 1 aromatic heterocycles. The molecule has 3 aromatic rings. The molecule has 202 valence electrons. The number of nitrogens with zero attached hydrogens (tertiary/aromatic N) is 2. The van der Waals surface area contributed by atoms with E-state index in [-0.39, 0.29) is 31.4 Å². The van der Waals surface area contributed by atoms with Gasteiger partial charge in [-0.15, -0.1) is 0 Å². The van der Waals surface area contributed by atoms with Crippen LogP contribution >= 0.6 is 0 Å². The van der Waals surface area contributed by atoms with E-state index in [4.69, 9.17) is 14.2 Å². The fourth-order valence-electron chi connectivity index (χ4n) is 4.34. The second kappa shape index (κ2) is 11.9. The van der Waals surface area contributed by atoms with E-state index in [1.165, 1.54) is 18.5 Å². The number of hydrogen-bond donors (Lipinski definition) is 1. The van der Waals surface area contributed by atoms with Gasteiger partial charge in [0.25, 0.3) is 0 Å². The maximum atomic E-state index is 12.8. The topological polar surface area (TPSA) is 117 Å². The van der Waals surface area contributed by atoms with Crippen LogP contribution in [-0.4, -0.2) is 52.9 Å². The average Bonchev–Trinajstić information content (AvgIpc) is 3.23. The zero-order valence-corrected chi connectivity index (χ0v) is 22.2. The van der Waals surface area contributed by atoms with Gasteiger partial charge in [-0.2, -0.15) is 0 Å². The summed E-state index contributed by atoms with van der Waals surface area (Å²) < 4.78 is 16.0. The normalized spacial score (nSPS) is 13.0. The number of aromatic nitrogens is 2. The summed E-state index contributed by atoms with van der Waals surface area (Å²) in [6.07, 6.45) is 3.50. The van der Waals surface area contributed by atoms with Crippen molar-refractivity contribution in [3.8, 4) is 11.1 Å². The molecule has 0 radical (unpaired) electrons. The summed E-state index contributed by atoms with van der Waals surface area (Å²) in [7, 11) is 0. The molecule has 0 saturated heterocycles. The van der Waals surface area contributed by atoms with E-state index in [1.54, 1.807) is 20.8 Å². The van der Waals surface area contributed by atoms with E-state index in [0.29, 0.717) is 5.56 Å². The Bertz CT molecular complexity index is 1320. The highest BCUT2D eigenvalue weighted by atomic mass is 16.6. The highest BCUT2D eigenvalue weighted by Crippen LogP contribution is 2.44. The van der Waals surface area contributed by atoms with Crippen LogP contribution in [-0.2, 0) is 25.4 Å². The number of nitrogens with one attached hydrogen (secondary N) is 1. The third-order valence-corrected chi connectivity index (χ3v) is 5.99. The Morgan fingerprint density at radius 1 is 0.974 bits per heavy atom. The van der Waals surface area contributed by atoms with Gasteiger partial charge in [0.15, 0.2) is 0 Å². The molecule has 2 aromatic carbocycles. The second-order valence-electron chi connectivity index (χ2n) is 10.1. The minimum Gasteiger partial charge on any atom is -0.460 e. The van der Waals surface area contributed by atoms with Crippen LogP contribution in [0.15, 0.2) is 73.6 Å². The summed E-state index contributed by atoms with van der Waals surface area (Å²) in [5, 5.41) is 2.60. The van der Waals surface area contributed by atoms with E-state index >= 15 is 0 Å². The number of carbonyl (C=O) groups is 3. The molecule has 9 nitrogen and oxygen atoms in total. The largest absolute Gasteiger partial charge is 0.460 e. The SMILES string of the molecule is C=CCOC(=O)[C@H](Cc1cnc(C(=O)OC(C)(C)C)nc1)NC(=O)OCC1c2ccccc2-c2ccccc21. The smallest absolute Gasteiger partial charge is 0.407 e. The maximum Gasteiger partial charge on any atom is 0.407 e. The molecule has 0 bridgehead atoms. The van der Waals surface area contributed by atoms with Crippen LogP contribution in [0, 0.1) is 0 Å². The molecule has 0 aliphatic heterocycles. The van der Waals surface area contributed by atoms with Crippen LogP contribution in [0.25, 0.3) is 11.1 Å². The van der Waals surface area contributed by atoms with E-state index < -0.39 is 29.7 Å². The zero-order valence-electron chi connectivity index (χ0n) is 22.2. The molecular weight excluding hydrogens is 498 g/mol. The predicted molar refractivity (Wildman–Crippen MR) is 144 cm³/mol. The van der Waals surface area contributed by atoms with E-state index in [2.05, 4.69) is 34.0 Å². The number of esters is 2. The van der Waals surface area contributed by atoms with Crippen molar-refractivity contribution < 1.29 is 28.6 Å². The lowest BCUT2D eigenvalue weighted by atomic mass is 9.98. The Kier molecular flexibility index (Phi) is 8.39. The standard InChI is InChI=1S/C30H31N3O6/c1-5-14-37-27(34)25(15-19-16-31-26(32-17-19)28(35)39-30(2,3)4)33-29(36)38-18-24-22-12-8-6-10-20(22)21-11-7-9-13-23(21)24/h5-13,16-17,24-25H,1,14-15,18H2,2-4H3,(H,33,36)/t25-/m0/s1. The summed E-state index contributed by atoms with van der Waals surface area (Å²) in [6, 6.07) is 15.0. The molecular formula is C30H31N3O6. The molecule has 0 saturated carbocycles. The average molecular weight is 530 g/mol. The first-order valence-electron chi connectivity index (χ1n) is 12.6. The first-order valence-corrected chi connectivity index (χ1v) is 12.6. The van der Waals surface area contributed by atoms with Crippen molar-refractivity contribution in [2.24, 2.45) is 0 Å². The number of rotatable bonds is 9. The van der Waals surface area contributed by atoms with Crippen molar-refractivity contribution in [1.29, 1.82) is 0 Å². The van der Waals surface area contributed by atoms with Crippen molar-refractivity contribution in [1.82, 2.24) is 15.3 Å². The van der Waals surface area contributed by atoms with Gasteiger partial charge in [-0.25, -0.2) is 24.4 Å². The van der Waals surface area contributed by atoms with E-state index in [0.717, 1.165) is 22.3 Å². The minimum atomic E-state index is -1.07. The quantitative estimate of drug-likeness (QED) is 0.243. The Balaban J connectivity index is 1.42. The highest BCUT2D eigenvalue weighted by molar-refractivity contribution is 5.85. The van der Waals surface area contributed by atoms with Gasteiger partial charge >= 0.3 is 18.0 Å². The van der Waals surface area contributed by atoms with Crippen LogP contribution in [0.3, 0.4) is 0 Å². The van der Waals surface area contributed by atoms with Crippen LogP contribution in [0.2, 0.25) is 0 Å². The molecule has 9 heteroatoms. The number of carbonyl (C=O) groups excluding carboxylic acids is 3. The molecule has 1 amide bonds. The van der Waals surface area contributed by atoms with Crippen LogP contribution in [0.1, 0.15) is 54.0 Å². The fourth-order valence-corrected chi connectivity index (χ4v) is 4.34. The number of hydrogen-bond acceptors (Lipinski definition) is 8. The molecule has 1 N–H and O–H groups in total. The number of benzene rings is 2. The van der Waals surface area contributed by atoms with Gasteiger partial charge in [-0.05, 0) is 48.6 Å². The molecule has 4 rings (SSSR count). The van der Waals surface area contributed by atoms with Crippen molar-refractivity contribution in [3.05, 3.63) is 96.1 Å². The van der Waals surface area contributed by atoms with Gasteiger partial charge in [0.1, 0.15) is 24.9 Å². The van der Waals surface area contributed by atoms with Crippen molar-refractivity contribution in [2.75, 3.05) is 13.2 Å². The Labute approximate surface area is 227 Å². The summed E-state index contributed by atoms with van der Waals surface area (Å²) >= 11 is 0. The van der Waals surface area contributed by atoms with Crippen molar-refractivity contribution >= 4 is 18.0 Å². The summed E-state index contributed by atoms with van der Waals surface area (Å²) in [6.45, 7) is 8.86. The van der Waals surface area contributed by atoms with Crippen molar-refractivity contribution in [2.45, 2.75) is 44.8 Å². The van der Waals surface area contributed by atoms with Gasteiger partial charge in [0, 0.05) is 24.7 Å². The monoisotopic (exact) mass is 529 g/mol. The molecule has 1 aliphatic rings. The maximum absolute atomic E-state index is 12.8. The number of fused-ring (bicyclic) bond motifs is 3. The van der Waals surface area contributed by atoms with Crippen LogP contribution in [0.4, 0.5) is 4.79 Å². The fraction of sp³-hybridized carbons (Fsp3) is 0.300. The lowest BCUT2D eigenvalue weighted by Gasteiger charge is -2.19. The van der Waals surface area contributed by atoms with Crippen molar-refractivity contribution in [3.63, 3.8) is 0 Å². The predicted octanol–water partition coefficient (Wildman–Crippen LogP) is 4.61. The van der Waals surface area contributed by atoms with Gasteiger partial charge < -0.3 is 19.5 Å². The first-order chi connectivity index (χ1) is 18.7. The molecule has 0 unspecified atom stereocenters. The van der Waals surface area contributed by atoms with Crippen LogP contribution in [0.5, 0.6) is 0 Å². The molecule has 1 atom stereocenters. The van der Waals surface area contributed by atoms with Crippen LogP contribution < -0.4 is 5.32 Å². The van der Waals surface area contributed by atoms with Gasteiger partial charge in [0.2, 0.25) is 5.82 Å². The lowest BCUT2D eigenvalue weighted by Crippen LogP contribution is -2.44. The molecule has 0 spiro atoms. The summed E-state index contributed by atoms with van der Waals surface area (Å²) in [5.41, 5.74) is 4.20. The number of amides is 1. The van der Waals surface area contributed by atoms with Gasteiger partial charge in [0.05, 0.1) is 0 Å². The van der Waals surface area contributed by atoms with Gasteiger partial charge in [-0.3, -0.25) is 0 Å². The van der Waals surface area contributed by atoms with E-state index in [1.807, 2.05) is 36.4 Å². The Morgan fingerprint density at radius 3 is 2.13 bits per heavy atom. The zero-order chi connectivity index (χ0) is 28.0. The number of ether oxygens (including phenoxy) is 3. The molecule has 39 heavy (non-hydrogen) atoms. The second-order valence-corrected chi connectivity index (χ2v) is 10.1. The molecule has 1 heterocycles. The molecule has 0 fully saturated rings. The van der Waals surface area contributed by atoms with E-state index in [9.17, 15) is 14.4 Å². The first kappa shape index (κ1) is 27.5. The summed E-state index contributed by atoms with van der Waals surface area (Å²) in [4.78, 5) is 45.8. The summed E-state index contributed by atoms with van der Waals surface area (Å²) in [5.74, 6) is -1.56. The third kappa shape index (κ3) is 6.87. The molecule has 1 aliphatic carbocycles. The Morgan fingerprint density at radius 2 is 1.56 bits per heavy atom. The van der Waals surface area contributed by atoms with Gasteiger partial charge in [-0.1, -0.05) is 61.2 Å². The third-order valence-electron chi connectivity index (χ3n) is 5.99. The highest BCUT2D eigenvalue weighted by Gasteiger charge is 2.30. The Hall–Kier alpha value is -4.53. The number of alkyl carbamates (subject to hydrolysis) is 1. The minimum absolute atomic E-state index is 0.0181. The lowest BCUT2D eigenvalue weighted by molar-refractivity contribution is -0.144.